The average Bonchev–Trinajstić information content (AvgIpc) is 2.52. The van der Waals surface area contributed by atoms with Crippen molar-refractivity contribution < 1.29 is 9.72 Å². The van der Waals surface area contributed by atoms with E-state index in [4.69, 9.17) is 11.6 Å². The number of hydrogen-bond acceptors (Lipinski definition) is 4. The maximum absolute atomic E-state index is 12.5. The number of halogens is 1. The first-order valence-corrected chi connectivity index (χ1v) is 7.67. The van der Waals surface area contributed by atoms with Crippen LogP contribution in [0.15, 0.2) is 48.5 Å². The van der Waals surface area contributed by atoms with Crippen LogP contribution in [-0.2, 0) is 0 Å². The van der Waals surface area contributed by atoms with Gasteiger partial charge >= 0.3 is 0 Å². The maximum atomic E-state index is 12.5. The summed E-state index contributed by atoms with van der Waals surface area (Å²) in [6.45, 7) is 5.78. The van der Waals surface area contributed by atoms with Gasteiger partial charge in [-0.25, -0.2) is 0 Å². The van der Waals surface area contributed by atoms with Crippen LogP contribution in [0.2, 0.25) is 5.02 Å². The van der Waals surface area contributed by atoms with Crippen molar-refractivity contribution >= 4 is 28.9 Å². The van der Waals surface area contributed by atoms with Gasteiger partial charge in [0.05, 0.1) is 16.1 Å². The summed E-state index contributed by atoms with van der Waals surface area (Å²) in [5, 5.41) is 13.0. The number of amides is 1. The number of nitro groups is 1. The lowest BCUT2D eigenvalue weighted by molar-refractivity contribution is -0.384. The minimum Gasteiger partial charge on any atom is -0.280 e. The Morgan fingerprint density at radius 2 is 1.62 bits per heavy atom. The number of anilines is 1. The zero-order valence-electron chi connectivity index (χ0n) is 13.6. The number of non-ortho nitro benzene ring substituents is 1. The van der Waals surface area contributed by atoms with Crippen LogP contribution in [0.5, 0.6) is 0 Å². The molecule has 0 radical (unpaired) electrons. The van der Waals surface area contributed by atoms with Crippen LogP contribution < -0.4 is 10.4 Å². The summed E-state index contributed by atoms with van der Waals surface area (Å²) in [7, 11) is 0. The number of hydrogen-bond donors (Lipinski definition) is 1. The van der Waals surface area contributed by atoms with Gasteiger partial charge in [-0.15, -0.1) is 0 Å². The molecule has 0 aliphatic carbocycles. The van der Waals surface area contributed by atoms with Crippen LogP contribution in [-0.4, -0.2) is 16.4 Å². The van der Waals surface area contributed by atoms with E-state index in [9.17, 15) is 14.9 Å². The van der Waals surface area contributed by atoms with Crippen molar-refractivity contribution in [2.24, 2.45) is 0 Å². The largest absolute Gasteiger partial charge is 0.280 e. The Labute approximate surface area is 145 Å². The molecule has 7 heteroatoms. The van der Waals surface area contributed by atoms with Gasteiger partial charge < -0.3 is 0 Å². The number of nitro benzene ring substituents is 1. The second kappa shape index (κ2) is 6.88. The normalized spacial score (nSPS) is 11.0. The summed E-state index contributed by atoms with van der Waals surface area (Å²) in [5.41, 5.74) is 3.52. The monoisotopic (exact) mass is 347 g/mol. The fourth-order valence-electron chi connectivity index (χ4n) is 2.11. The first-order valence-electron chi connectivity index (χ1n) is 7.30. The molecule has 0 bridgehead atoms. The molecule has 0 fully saturated rings. The predicted molar refractivity (Wildman–Crippen MR) is 94.2 cm³/mol. The molecule has 126 valence electrons. The molecule has 2 aromatic carbocycles. The second-order valence-corrected chi connectivity index (χ2v) is 6.66. The molecule has 24 heavy (non-hydrogen) atoms. The summed E-state index contributed by atoms with van der Waals surface area (Å²) >= 11 is 5.83. The maximum Gasteiger partial charge on any atom is 0.269 e. The predicted octanol–water partition coefficient (Wildman–Crippen LogP) is 4.20. The number of rotatable bonds is 4. The molecule has 0 saturated carbocycles. The van der Waals surface area contributed by atoms with Gasteiger partial charge in [0.15, 0.2) is 0 Å². The molecule has 1 N–H and O–H groups in total. The molecule has 0 aliphatic heterocycles. The van der Waals surface area contributed by atoms with Crippen molar-refractivity contribution in [1.29, 1.82) is 0 Å². The van der Waals surface area contributed by atoms with Crippen molar-refractivity contribution in [3.8, 4) is 0 Å². The number of nitrogens with one attached hydrogen (secondary N) is 1. The lowest BCUT2D eigenvalue weighted by atomic mass is 10.1. The quantitative estimate of drug-likeness (QED) is 0.664. The third-order valence-electron chi connectivity index (χ3n) is 3.31. The summed E-state index contributed by atoms with van der Waals surface area (Å²) in [5.74, 6) is -0.292. The summed E-state index contributed by atoms with van der Waals surface area (Å²) in [4.78, 5) is 22.8. The Morgan fingerprint density at radius 1 is 1.08 bits per heavy atom. The molecule has 2 rings (SSSR count). The van der Waals surface area contributed by atoms with Crippen LogP contribution in [0.3, 0.4) is 0 Å². The smallest absolute Gasteiger partial charge is 0.269 e. The molecular weight excluding hydrogens is 330 g/mol. The second-order valence-electron chi connectivity index (χ2n) is 6.23. The van der Waals surface area contributed by atoms with Gasteiger partial charge in [-0.2, -0.15) is 0 Å². The molecular formula is C17H18ClN3O3. The zero-order chi connectivity index (χ0) is 17.9. The average molecular weight is 348 g/mol. The first kappa shape index (κ1) is 17.7. The van der Waals surface area contributed by atoms with Crippen molar-refractivity contribution in [2.75, 3.05) is 5.01 Å². The van der Waals surface area contributed by atoms with Crippen LogP contribution in [0.4, 0.5) is 11.4 Å². The Bertz CT molecular complexity index is 737. The Hall–Kier alpha value is -2.60. The number of carbonyl (C=O) groups excluding carboxylic acids is 1. The molecule has 6 nitrogen and oxygen atoms in total. The summed E-state index contributed by atoms with van der Waals surface area (Å²) < 4.78 is 0. The fraction of sp³-hybridized carbons (Fsp3) is 0.235. The highest BCUT2D eigenvalue weighted by atomic mass is 35.5. The van der Waals surface area contributed by atoms with E-state index in [0.29, 0.717) is 16.3 Å². The summed E-state index contributed by atoms with van der Waals surface area (Å²) in [6, 6.07) is 12.6. The van der Waals surface area contributed by atoms with E-state index in [1.54, 1.807) is 41.4 Å². The molecule has 0 aliphatic rings. The van der Waals surface area contributed by atoms with Crippen LogP contribution >= 0.6 is 11.6 Å². The minimum absolute atomic E-state index is 0.00311. The molecule has 2 aromatic rings. The van der Waals surface area contributed by atoms with E-state index in [0.717, 1.165) is 0 Å². The molecule has 0 atom stereocenters. The van der Waals surface area contributed by atoms with Crippen molar-refractivity contribution in [3.63, 3.8) is 0 Å². The summed E-state index contributed by atoms with van der Waals surface area (Å²) in [6.07, 6.45) is 0. The van der Waals surface area contributed by atoms with Gasteiger partial charge in [0.25, 0.3) is 11.6 Å². The Morgan fingerprint density at radius 3 is 2.08 bits per heavy atom. The highest BCUT2D eigenvalue weighted by molar-refractivity contribution is 6.30. The lowest BCUT2D eigenvalue weighted by Gasteiger charge is -2.37. The number of carbonyl (C=O) groups is 1. The topological polar surface area (TPSA) is 75.5 Å². The Balaban J connectivity index is 2.27. The van der Waals surface area contributed by atoms with E-state index < -0.39 is 10.5 Å². The highest BCUT2D eigenvalue weighted by Gasteiger charge is 2.24. The molecule has 0 spiro atoms. The zero-order valence-corrected chi connectivity index (χ0v) is 14.4. The Kier molecular flexibility index (Phi) is 5.09. The van der Waals surface area contributed by atoms with E-state index in [2.05, 4.69) is 5.43 Å². The third kappa shape index (κ3) is 4.23. The van der Waals surface area contributed by atoms with Crippen molar-refractivity contribution in [3.05, 3.63) is 69.2 Å². The van der Waals surface area contributed by atoms with Crippen molar-refractivity contribution in [1.82, 2.24) is 5.43 Å². The number of hydrazine groups is 1. The number of nitrogens with zero attached hydrogens (tertiary/aromatic N) is 2. The lowest BCUT2D eigenvalue weighted by Crippen LogP contribution is -2.53. The molecule has 1 amide bonds. The van der Waals surface area contributed by atoms with Gasteiger partial charge in [0, 0.05) is 22.7 Å². The van der Waals surface area contributed by atoms with Crippen LogP contribution in [0.25, 0.3) is 0 Å². The SMILES string of the molecule is CC(C)(C)N(NC(=O)c1ccc(Cl)cc1)c1ccc([N+](=O)[O-])cc1. The van der Waals surface area contributed by atoms with Gasteiger partial charge in [0.2, 0.25) is 0 Å². The van der Waals surface area contributed by atoms with Gasteiger partial charge in [0.1, 0.15) is 0 Å². The number of benzene rings is 2. The molecule has 0 heterocycles. The van der Waals surface area contributed by atoms with Gasteiger partial charge in [-0.05, 0) is 57.2 Å². The highest BCUT2D eigenvalue weighted by Crippen LogP contribution is 2.24. The van der Waals surface area contributed by atoms with Crippen molar-refractivity contribution in [2.45, 2.75) is 26.3 Å². The third-order valence-corrected chi connectivity index (χ3v) is 3.56. The molecule has 0 saturated heterocycles. The minimum atomic E-state index is -0.461. The van der Waals surface area contributed by atoms with E-state index in [1.807, 2.05) is 20.8 Å². The fourth-order valence-corrected chi connectivity index (χ4v) is 2.24. The van der Waals surface area contributed by atoms with Crippen LogP contribution in [0, 0.1) is 10.1 Å². The van der Waals surface area contributed by atoms with Gasteiger partial charge in [-0.1, -0.05) is 11.6 Å². The first-order chi connectivity index (χ1) is 11.2. The van der Waals surface area contributed by atoms with E-state index >= 15 is 0 Å². The molecule has 0 unspecified atom stereocenters. The van der Waals surface area contributed by atoms with Crippen LogP contribution in [0.1, 0.15) is 31.1 Å². The van der Waals surface area contributed by atoms with E-state index in [1.165, 1.54) is 12.1 Å². The standard InChI is InChI=1S/C17H18ClN3O3/c1-17(2,3)20(14-8-10-15(11-9-14)21(23)24)19-16(22)12-4-6-13(18)7-5-12/h4-11H,1-3H3,(H,19,22). The van der Waals surface area contributed by atoms with Gasteiger partial charge in [-0.3, -0.25) is 25.3 Å². The molecule has 0 aromatic heterocycles. The van der Waals surface area contributed by atoms with E-state index in [-0.39, 0.29) is 11.6 Å².